The van der Waals surface area contributed by atoms with Gasteiger partial charge < -0.3 is 0 Å². The van der Waals surface area contributed by atoms with E-state index < -0.39 is 0 Å². The summed E-state index contributed by atoms with van der Waals surface area (Å²) >= 11 is 0. The summed E-state index contributed by atoms with van der Waals surface area (Å²) in [7, 11) is 0.196. The zero-order valence-corrected chi connectivity index (χ0v) is 18.1. The second-order valence-corrected chi connectivity index (χ2v) is 12.9. The quantitative estimate of drug-likeness (QED) is 0.425. The van der Waals surface area contributed by atoms with Crippen molar-refractivity contribution in [2.45, 2.75) is 63.2 Å². The van der Waals surface area contributed by atoms with Crippen LogP contribution in [-0.4, -0.2) is 12.3 Å². The molecule has 0 aromatic heterocycles. The van der Waals surface area contributed by atoms with E-state index in [1.807, 2.05) is 0 Å². The van der Waals surface area contributed by atoms with Crippen LogP contribution >= 0.6 is 15.8 Å². The van der Waals surface area contributed by atoms with Crippen molar-refractivity contribution >= 4 is 15.8 Å². The first-order valence-electron chi connectivity index (χ1n) is 10.5. The summed E-state index contributed by atoms with van der Waals surface area (Å²) in [6.45, 7) is 4.71. The highest BCUT2D eigenvalue weighted by Crippen LogP contribution is 2.75. The van der Waals surface area contributed by atoms with Crippen LogP contribution in [0.4, 0.5) is 0 Å². The molecule has 0 bridgehead atoms. The van der Waals surface area contributed by atoms with Crippen LogP contribution in [0.3, 0.4) is 0 Å². The van der Waals surface area contributed by atoms with E-state index in [-0.39, 0.29) is 15.8 Å². The van der Waals surface area contributed by atoms with Gasteiger partial charge in [-0.15, -0.1) is 0 Å². The molecule has 138 valence electrons. The summed E-state index contributed by atoms with van der Waals surface area (Å²) in [5.41, 5.74) is 8.46. The van der Waals surface area contributed by atoms with Gasteiger partial charge in [0.25, 0.3) is 0 Å². The van der Waals surface area contributed by atoms with Gasteiger partial charge in [0.1, 0.15) is 0 Å². The maximum Gasteiger partial charge on any atom is 0.0156 e. The third-order valence-electron chi connectivity index (χ3n) is 6.18. The standard InChI is InChI=1S/C24H32P2/c1-3-5-15-25-17-19-11-7-9-13-21(19)23(25)24-22-14-10-8-12-20(22)18-26(24)16-6-4-2/h7-14,23-24H,3-6,15-18H2,1-2H3/t23-,24-,25+,26?/m0/s1. The maximum absolute atomic E-state index is 2.47. The second kappa shape index (κ2) is 8.54. The van der Waals surface area contributed by atoms with Gasteiger partial charge in [0.05, 0.1) is 0 Å². The molecule has 1 unspecified atom stereocenters. The summed E-state index contributed by atoms with van der Waals surface area (Å²) in [4.78, 5) is 0. The average molecular weight is 382 g/mol. The SMILES string of the molecule is CCCCP1Cc2ccccc2[C@H]1[C@@H]1c2ccccc2C[P@@]1CCCC. The van der Waals surface area contributed by atoms with Gasteiger partial charge in [0.2, 0.25) is 0 Å². The first-order valence-corrected chi connectivity index (χ1v) is 14.0. The number of hydrogen-bond acceptors (Lipinski definition) is 0. The Kier molecular flexibility index (Phi) is 6.13. The molecule has 0 saturated heterocycles. The lowest BCUT2D eigenvalue weighted by atomic mass is 9.98. The number of benzene rings is 2. The normalized spacial score (nSPS) is 26.7. The monoisotopic (exact) mass is 382 g/mol. The molecular formula is C24H32P2. The van der Waals surface area contributed by atoms with Gasteiger partial charge in [-0.3, -0.25) is 0 Å². The number of rotatable bonds is 7. The Balaban J connectivity index is 1.73. The van der Waals surface area contributed by atoms with Crippen LogP contribution < -0.4 is 0 Å². The molecule has 4 rings (SSSR count). The molecule has 0 amide bonds. The van der Waals surface area contributed by atoms with Crippen LogP contribution in [0.25, 0.3) is 0 Å². The van der Waals surface area contributed by atoms with Crippen LogP contribution in [-0.2, 0) is 12.3 Å². The third kappa shape index (κ3) is 3.53. The van der Waals surface area contributed by atoms with E-state index in [9.17, 15) is 0 Å². The zero-order chi connectivity index (χ0) is 17.9. The summed E-state index contributed by atoms with van der Waals surface area (Å²) in [5, 5.41) is 0. The number of fused-ring (bicyclic) bond motifs is 2. The topological polar surface area (TPSA) is 0 Å². The van der Waals surface area contributed by atoms with E-state index in [2.05, 4.69) is 62.4 Å². The van der Waals surface area contributed by atoms with Gasteiger partial charge in [-0.25, -0.2) is 0 Å². The molecule has 0 saturated carbocycles. The predicted octanol–water partition coefficient (Wildman–Crippen LogP) is 8.06. The van der Waals surface area contributed by atoms with Crippen molar-refractivity contribution < 1.29 is 0 Å². The lowest BCUT2D eigenvalue weighted by Gasteiger charge is -2.32. The van der Waals surface area contributed by atoms with Crippen LogP contribution in [0.15, 0.2) is 48.5 Å². The predicted molar refractivity (Wildman–Crippen MR) is 119 cm³/mol. The van der Waals surface area contributed by atoms with E-state index in [1.165, 1.54) is 50.3 Å². The van der Waals surface area contributed by atoms with Crippen molar-refractivity contribution in [2.24, 2.45) is 0 Å². The minimum absolute atomic E-state index is 0.0978. The van der Waals surface area contributed by atoms with Crippen LogP contribution in [0.2, 0.25) is 0 Å². The Morgan fingerprint density at radius 2 is 1.12 bits per heavy atom. The van der Waals surface area contributed by atoms with E-state index in [0.717, 1.165) is 11.3 Å². The average Bonchev–Trinajstić information content (AvgIpc) is 3.21. The fraction of sp³-hybridized carbons (Fsp3) is 0.500. The van der Waals surface area contributed by atoms with Crippen LogP contribution in [0.5, 0.6) is 0 Å². The minimum atomic E-state index is 0.0978. The Bertz CT molecular complexity index is 675. The molecule has 0 radical (unpaired) electrons. The van der Waals surface area contributed by atoms with E-state index in [4.69, 9.17) is 0 Å². The van der Waals surface area contributed by atoms with Crippen LogP contribution in [0, 0.1) is 0 Å². The molecular weight excluding hydrogens is 350 g/mol. The van der Waals surface area contributed by atoms with E-state index in [1.54, 1.807) is 22.3 Å². The molecule has 2 aromatic carbocycles. The molecule has 2 heteroatoms. The van der Waals surface area contributed by atoms with Gasteiger partial charge in [0, 0.05) is 11.3 Å². The maximum atomic E-state index is 2.47. The largest absolute Gasteiger partial charge is 0.0935 e. The molecule has 0 fully saturated rings. The highest BCUT2D eigenvalue weighted by molar-refractivity contribution is 7.62. The summed E-state index contributed by atoms with van der Waals surface area (Å²) in [6, 6.07) is 18.9. The lowest BCUT2D eigenvalue weighted by molar-refractivity contribution is 0.847. The summed E-state index contributed by atoms with van der Waals surface area (Å²) < 4.78 is 0. The van der Waals surface area contributed by atoms with Gasteiger partial charge >= 0.3 is 0 Å². The molecule has 2 aliphatic rings. The van der Waals surface area contributed by atoms with Gasteiger partial charge in [-0.1, -0.05) is 91.1 Å². The zero-order valence-electron chi connectivity index (χ0n) is 16.3. The van der Waals surface area contributed by atoms with Crippen molar-refractivity contribution in [1.82, 2.24) is 0 Å². The van der Waals surface area contributed by atoms with Crippen molar-refractivity contribution in [3.05, 3.63) is 70.8 Å². The Morgan fingerprint density at radius 3 is 1.54 bits per heavy atom. The van der Waals surface area contributed by atoms with Gasteiger partial charge in [0.15, 0.2) is 0 Å². The first-order chi connectivity index (χ1) is 12.8. The van der Waals surface area contributed by atoms with E-state index in [0.29, 0.717) is 0 Å². The molecule has 0 N–H and O–H groups in total. The van der Waals surface area contributed by atoms with Crippen molar-refractivity contribution in [2.75, 3.05) is 12.3 Å². The first kappa shape index (κ1) is 18.7. The molecule has 2 aromatic rings. The van der Waals surface area contributed by atoms with Gasteiger partial charge in [-0.05, 0) is 59.7 Å². The molecule has 0 nitrogen and oxygen atoms in total. The number of hydrogen-bond donors (Lipinski definition) is 0. The molecule has 0 aliphatic carbocycles. The Labute approximate surface area is 162 Å². The second-order valence-electron chi connectivity index (χ2n) is 7.94. The summed E-state index contributed by atoms with van der Waals surface area (Å²) in [6.07, 6.45) is 11.2. The fourth-order valence-electron chi connectivity index (χ4n) is 4.86. The number of unbranched alkanes of at least 4 members (excludes halogenated alkanes) is 2. The van der Waals surface area contributed by atoms with Gasteiger partial charge in [-0.2, -0.15) is 0 Å². The molecule has 26 heavy (non-hydrogen) atoms. The van der Waals surface area contributed by atoms with Crippen molar-refractivity contribution in [3.63, 3.8) is 0 Å². The lowest BCUT2D eigenvalue weighted by Crippen LogP contribution is -2.06. The highest BCUT2D eigenvalue weighted by atomic mass is 31.1. The summed E-state index contributed by atoms with van der Waals surface area (Å²) in [5.74, 6) is 0. The van der Waals surface area contributed by atoms with E-state index >= 15 is 0 Å². The fourth-order valence-corrected chi connectivity index (χ4v) is 12.6. The van der Waals surface area contributed by atoms with Crippen molar-refractivity contribution in [1.29, 1.82) is 0 Å². The van der Waals surface area contributed by atoms with Crippen LogP contribution in [0.1, 0.15) is 73.1 Å². The molecule has 0 spiro atoms. The Hall–Kier alpha value is -0.700. The Morgan fingerprint density at radius 1 is 0.692 bits per heavy atom. The highest BCUT2D eigenvalue weighted by Gasteiger charge is 2.44. The van der Waals surface area contributed by atoms with Crippen molar-refractivity contribution in [3.8, 4) is 0 Å². The molecule has 4 atom stereocenters. The molecule has 2 heterocycles. The molecule has 2 aliphatic heterocycles. The minimum Gasteiger partial charge on any atom is -0.0935 e. The smallest absolute Gasteiger partial charge is 0.0156 e. The third-order valence-corrected chi connectivity index (χ3v) is 12.4.